The van der Waals surface area contributed by atoms with Crippen LogP contribution < -0.4 is 15.4 Å². The Bertz CT molecular complexity index is 1380. The van der Waals surface area contributed by atoms with E-state index in [1.54, 1.807) is 12.5 Å². The molecule has 0 aliphatic carbocycles. The molecule has 1 aliphatic rings. The summed E-state index contributed by atoms with van der Waals surface area (Å²) in [6.07, 6.45) is 8.40. The van der Waals surface area contributed by atoms with Gasteiger partial charge >= 0.3 is 0 Å². The zero-order valence-electron chi connectivity index (χ0n) is 18.9. The number of anilines is 1. The summed E-state index contributed by atoms with van der Waals surface area (Å²) in [5.41, 5.74) is 8.69. The van der Waals surface area contributed by atoms with E-state index in [-0.39, 0.29) is 20.1 Å². The number of aryl methyl sites for hydroxylation is 1. The number of aromatic nitrogens is 4. The SMILES string of the molecule is Cc1cc(-n2ccnc2)c2cccc(OCc3c(Cl)cnc(N4CCC[C@H]4C(N)=O)c3Cl)c2n1.S. The number of para-hydroxylation sites is 1. The fourth-order valence-corrected chi connectivity index (χ4v) is 4.91. The molecule has 1 amide bonds. The van der Waals surface area contributed by atoms with Gasteiger partial charge in [-0.15, -0.1) is 0 Å². The minimum atomic E-state index is -0.438. The van der Waals surface area contributed by atoms with E-state index in [1.807, 2.05) is 46.9 Å². The highest BCUT2D eigenvalue weighted by Gasteiger charge is 2.32. The molecule has 8 nitrogen and oxygen atoms in total. The second-order valence-electron chi connectivity index (χ2n) is 8.17. The van der Waals surface area contributed by atoms with Crippen molar-refractivity contribution in [2.75, 3.05) is 11.4 Å². The number of pyridine rings is 2. The number of nitrogens with zero attached hydrogens (tertiary/aromatic N) is 5. The summed E-state index contributed by atoms with van der Waals surface area (Å²) in [6.45, 7) is 2.69. The van der Waals surface area contributed by atoms with Crippen LogP contribution in [-0.4, -0.2) is 38.0 Å². The van der Waals surface area contributed by atoms with E-state index in [0.717, 1.165) is 28.7 Å². The van der Waals surface area contributed by atoms with Gasteiger partial charge in [-0.25, -0.2) is 15.0 Å². The standard InChI is InChI=1S/C24H22Cl2N6O2.H2S/c1-14-10-19(31-9-7-28-13-31)15-4-2-6-20(22(15)30-14)34-12-16-17(25)11-29-24(21(16)26)32-8-3-5-18(32)23(27)33;/h2,4,6-7,9-11,13,18H,3,5,8,12H2,1H3,(H2,27,33);1H2/t18-;/m0./s1. The Kier molecular flexibility index (Phi) is 7.39. The van der Waals surface area contributed by atoms with Crippen molar-refractivity contribution < 1.29 is 9.53 Å². The van der Waals surface area contributed by atoms with E-state index < -0.39 is 11.9 Å². The Hall–Kier alpha value is -3.01. The van der Waals surface area contributed by atoms with E-state index in [4.69, 9.17) is 38.7 Å². The van der Waals surface area contributed by atoms with Crippen LogP contribution in [-0.2, 0) is 11.4 Å². The first-order valence-electron chi connectivity index (χ1n) is 10.8. The van der Waals surface area contributed by atoms with Crippen molar-refractivity contribution in [1.29, 1.82) is 0 Å². The van der Waals surface area contributed by atoms with Crippen LogP contribution in [0, 0.1) is 6.92 Å². The second-order valence-corrected chi connectivity index (χ2v) is 8.95. The Morgan fingerprint density at radius 3 is 2.89 bits per heavy atom. The lowest BCUT2D eigenvalue weighted by molar-refractivity contribution is -0.119. The van der Waals surface area contributed by atoms with Crippen LogP contribution in [0.4, 0.5) is 5.82 Å². The summed E-state index contributed by atoms with van der Waals surface area (Å²) < 4.78 is 8.13. The summed E-state index contributed by atoms with van der Waals surface area (Å²) in [7, 11) is 0. The average molecular weight is 531 g/mol. The Labute approximate surface area is 219 Å². The highest BCUT2D eigenvalue weighted by atomic mass is 35.5. The average Bonchev–Trinajstić information content (AvgIpc) is 3.51. The molecular formula is C24H24Cl2N6O2S. The number of carbonyl (C=O) groups is 1. The quantitative estimate of drug-likeness (QED) is 0.391. The van der Waals surface area contributed by atoms with E-state index in [1.165, 1.54) is 6.20 Å². The molecule has 1 aliphatic heterocycles. The van der Waals surface area contributed by atoms with Crippen molar-refractivity contribution in [2.45, 2.75) is 32.4 Å². The molecule has 11 heteroatoms. The summed E-state index contributed by atoms with van der Waals surface area (Å²) in [5, 5.41) is 1.66. The molecule has 182 valence electrons. The van der Waals surface area contributed by atoms with Gasteiger partial charge in [0, 0.05) is 41.8 Å². The number of hydrogen-bond acceptors (Lipinski definition) is 6. The van der Waals surface area contributed by atoms with Crippen molar-refractivity contribution in [3.8, 4) is 11.4 Å². The molecule has 4 aromatic rings. The third-order valence-electron chi connectivity index (χ3n) is 5.97. The van der Waals surface area contributed by atoms with Crippen molar-refractivity contribution >= 4 is 59.3 Å². The molecule has 0 bridgehead atoms. The van der Waals surface area contributed by atoms with Crippen LogP contribution in [0.3, 0.4) is 0 Å². The number of fused-ring (bicyclic) bond motifs is 1. The zero-order chi connectivity index (χ0) is 23.8. The van der Waals surface area contributed by atoms with E-state index in [2.05, 4.69) is 9.97 Å². The molecule has 2 N–H and O–H groups in total. The number of nitrogens with two attached hydrogens (primary N) is 1. The van der Waals surface area contributed by atoms with Crippen LogP contribution in [0.5, 0.6) is 5.75 Å². The summed E-state index contributed by atoms with van der Waals surface area (Å²) >= 11 is 13.2. The molecule has 0 spiro atoms. The maximum Gasteiger partial charge on any atom is 0.240 e. The van der Waals surface area contributed by atoms with Crippen LogP contribution in [0.2, 0.25) is 10.0 Å². The third kappa shape index (κ3) is 4.76. The summed E-state index contributed by atoms with van der Waals surface area (Å²) in [6, 6.07) is 7.33. The predicted molar refractivity (Wildman–Crippen MR) is 142 cm³/mol. The van der Waals surface area contributed by atoms with Crippen molar-refractivity contribution in [1.82, 2.24) is 19.5 Å². The molecule has 5 rings (SSSR count). The number of benzene rings is 1. The van der Waals surface area contributed by atoms with E-state index >= 15 is 0 Å². The molecule has 1 saturated heterocycles. The summed E-state index contributed by atoms with van der Waals surface area (Å²) in [5.74, 6) is 0.693. The topological polar surface area (TPSA) is 99.2 Å². The number of imidazole rings is 1. The van der Waals surface area contributed by atoms with Crippen LogP contribution in [0.15, 0.2) is 49.2 Å². The van der Waals surface area contributed by atoms with Gasteiger partial charge in [0.25, 0.3) is 0 Å². The summed E-state index contributed by atoms with van der Waals surface area (Å²) in [4.78, 5) is 27.0. The molecule has 3 aromatic heterocycles. The fraction of sp³-hybridized carbons (Fsp3) is 0.250. The molecular weight excluding hydrogens is 507 g/mol. The number of hydrogen-bond donors (Lipinski definition) is 1. The first kappa shape index (κ1) is 25.1. The minimum Gasteiger partial charge on any atom is -0.487 e. The van der Waals surface area contributed by atoms with Crippen LogP contribution in [0.25, 0.3) is 16.6 Å². The van der Waals surface area contributed by atoms with Crippen molar-refractivity contribution in [2.24, 2.45) is 5.73 Å². The largest absolute Gasteiger partial charge is 0.487 e. The van der Waals surface area contributed by atoms with Gasteiger partial charge in [0.05, 0.1) is 22.1 Å². The van der Waals surface area contributed by atoms with Gasteiger partial charge in [0.2, 0.25) is 5.91 Å². The van der Waals surface area contributed by atoms with Gasteiger partial charge < -0.3 is 19.9 Å². The van der Waals surface area contributed by atoms with Gasteiger partial charge in [-0.3, -0.25) is 4.79 Å². The second kappa shape index (κ2) is 10.3. The predicted octanol–water partition coefficient (Wildman–Crippen LogP) is 4.58. The zero-order valence-corrected chi connectivity index (χ0v) is 21.4. The van der Waals surface area contributed by atoms with Gasteiger partial charge in [-0.2, -0.15) is 13.5 Å². The molecule has 1 fully saturated rings. The first-order valence-corrected chi connectivity index (χ1v) is 11.6. The first-order chi connectivity index (χ1) is 16.4. The molecule has 0 radical (unpaired) electrons. The maximum absolute atomic E-state index is 11.9. The molecule has 35 heavy (non-hydrogen) atoms. The Morgan fingerprint density at radius 1 is 1.31 bits per heavy atom. The highest BCUT2D eigenvalue weighted by Crippen LogP contribution is 2.37. The van der Waals surface area contributed by atoms with Crippen molar-refractivity contribution in [3.05, 3.63) is 70.5 Å². The Morgan fingerprint density at radius 2 is 2.14 bits per heavy atom. The minimum absolute atomic E-state index is 0. The lowest BCUT2D eigenvalue weighted by Crippen LogP contribution is -2.41. The molecule has 1 aromatic carbocycles. The maximum atomic E-state index is 11.9. The van der Waals surface area contributed by atoms with Gasteiger partial charge in [-0.1, -0.05) is 35.3 Å². The number of carbonyl (C=O) groups excluding carboxylic acids is 1. The van der Waals surface area contributed by atoms with Gasteiger partial charge in [-0.05, 0) is 31.9 Å². The van der Waals surface area contributed by atoms with Crippen molar-refractivity contribution in [3.63, 3.8) is 0 Å². The monoisotopic (exact) mass is 530 g/mol. The molecule has 0 unspecified atom stereocenters. The normalized spacial score (nSPS) is 15.3. The fourth-order valence-electron chi connectivity index (χ4n) is 4.35. The molecule has 1 atom stereocenters. The lowest BCUT2D eigenvalue weighted by Gasteiger charge is -2.25. The number of halogens is 2. The number of primary amides is 1. The van der Waals surface area contributed by atoms with Crippen LogP contribution >= 0.6 is 36.7 Å². The van der Waals surface area contributed by atoms with E-state index in [9.17, 15) is 4.79 Å². The van der Waals surface area contributed by atoms with E-state index in [0.29, 0.717) is 40.1 Å². The number of rotatable bonds is 6. The van der Waals surface area contributed by atoms with Gasteiger partial charge in [0.15, 0.2) is 0 Å². The number of amides is 1. The van der Waals surface area contributed by atoms with Gasteiger partial charge in [0.1, 0.15) is 29.7 Å². The number of ether oxygens (including phenoxy) is 1. The molecule has 0 saturated carbocycles. The lowest BCUT2D eigenvalue weighted by atomic mass is 10.1. The van der Waals surface area contributed by atoms with Crippen LogP contribution in [0.1, 0.15) is 24.1 Å². The Balaban J connectivity index is 0.00000289. The smallest absolute Gasteiger partial charge is 0.240 e. The highest BCUT2D eigenvalue weighted by molar-refractivity contribution is 7.59. The third-order valence-corrected chi connectivity index (χ3v) is 6.69. The molecule has 4 heterocycles.